The van der Waals surface area contributed by atoms with Crippen LogP contribution in [0.15, 0.2) is 41.5 Å². The number of benzene rings is 2. The number of hydrogen-bond acceptors (Lipinski definition) is 3. The zero-order valence-electron chi connectivity index (χ0n) is 14.3. The van der Waals surface area contributed by atoms with Gasteiger partial charge in [-0.25, -0.2) is 14.2 Å². The third-order valence-electron chi connectivity index (χ3n) is 3.51. The third-order valence-corrected chi connectivity index (χ3v) is 3.51. The Morgan fingerprint density at radius 1 is 1.24 bits per heavy atom. The summed E-state index contributed by atoms with van der Waals surface area (Å²) in [6.07, 6.45) is 1.11. The molecule has 0 fully saturated rings. The predicted molar refractivity (Wildman–Crippen MR) is 92.9 cm³/mol. The van der Waals surface area contributed by atoms with Crippen LogP contribution in [0, 0.1) is 18.6 Å². The average molecular weight is 346 g/mol. The number of halogens is 2. The van der Waals surface area contributed by atoms with Gasteiger partial charge in [0.15, 0.2) is 6.61 Å². The molecule has 0 aliphatic rings. The Kier molecular flexibility index (Phi) is 6.22. The van der Waals surface area contributed by atoms with Crippen molar-refractivity contribution in [2.45, 2.75) is 26.7 Å². The van der Waals surface area contributed by atoms with Gasteiger partial charge in [-0.15, -0.1) is 0 Å². The van der Waals surface area contributed by atoms with Gasteiger partial charge in [0.1, 0.15) is 17.4 Å². The van der Waals surface area contributed by atoms with Crippen LogP contribution in [0.3, 0.4) is 0 Å². The minimum absolute atomic E-state index is 0.0726. The zero-order chi connectivity index (χ0) is 18.4. The van der Waals surface area contributed by atoms with Crippen LogP contribution in [0.25, 0.3) is 0 Å². The maximum Gasteiger partial charge on any atom is 0.277 e. The first kappa shape index (κ1) is 18.6. The van der Waals surface area contributed by atoms with E-state index in [1.807, 2.05) is 39.0 Å². The normalized spacial score (nSPS) is 11.1. The highest BCUT2D eigenvalue weighted by Crippen LogP contribution is 2.27. The second-order valence-corrected chi connectivity index (χ2v) is 5.94. The molecule has 0 atom stereocenters. The van der Waals surface area contributed by atoms with Gasteiger partial charge in [-0.1, -0.05) is 26.0 Å². The van der Waals surface area contributed by atoms with Gasteiger partial charge >= 0.3 is 0 Å². The SMILES string of the molecule is Cc1ccc(C(C)C)c(OCC(=O)N/N=C\c2ccc(F)cc2F)c1. The summed E-state index contributed by atoms with van der Waals surface area (Å²) in [5.74, 6) is -0.992. The molecule has 2 aromatic rings. The largest absolute Gasteiger partial charge is 0.483 e. The fourth-order valence-electron chi connectivity index (χ4n) is 2.20. The Balaban J connectivity index is 1.93. The first-order valence-electron chi connectivity index (χ1n) is 7.87. The average Bonchev–Trinajstić information content (AvgIpc) is 2.54. The van der Waals surface area contributed by atoms with Gasteiger partial charge in [0.25, 0.3) is 5.91 Å². The number of nitrogens with zero attached hydrogens (tertiary/aromatic N) is 1. The molecule has 0 saturated carbocycles. The Morgan fingerprint density at radius 3 is 2.68 bits per heavy atom. The van der Waals surface area contributed by atoms with Gasteiger partial charge in [0, 0.05) is 11.6 Å². The van der Waals surface area contributed by atoms with Gasteiger partial charge in [-0.2, -0.15) is 5.10 Å². The molecule has 2 rings (SSSR count). The van der Waals surface area contributed by atoms with E-state index >= 15 is 0 Å². The van der Waals surface area contributed by atoms with E-state index in [1.54, 1.807) is 0 Å². The number of hydrogen-bond donors (Lipinski definition) is 1. The molecule has 0 heterocycles. The van der Waals surface area contributed by atoms with E-state index in [4.69, 9.17) is 4.74 Å². The fourth-order valence-corrected chi connectivity index (χ4v) is 2.20. The first-order valence-corrected chi connectivity index (χ1v) is 7.87. The number of nitrogens with one attached hydrogen (secondary N) is 1. The van der Waals surface area contributed by atoms with Crippen LogP contribution in [-0.4, -0.2) is 18.7 Å². The van der Waals surface area contributed by atoms with Crippen molar-refractivity contribution in [3.63, 3.8) is 0 Å². The topological polar surface area (TPSA) is 50.7 Å². The van der Waals surface area contributed by atoms with E-state index in [1.165, 1.54) is 6.07 Å². The van der Waals surface area contributed by atoms with Crippen LogP contribution >= 0.6 is 0 Å². The minimum atomic E-state index is -0.754. The number of carbonyl (C=O) groups is 1. The third kappa shape index (κ3) is 5.38. The fraction of sp³-hybridized carbons (Fsp3) is 0.263. The van der Waals surface area contributed by atoms with Crippen LogP contribution in [0.4, 0.5) is 8.78 Å². The molecule has 0 spiro atoms. The summed E-state index contributed by atoms with van der Waals surface area (Å²) in [6, 6.07) is 8.93. The molecular weight excluding hydrogens is 326 g/mol. The summed E-state index contributed by atoms with van der Waals surface area (Å²) < 4.78 is 31.8. The number of carbonyl (C=O) groups excluding carboxylic acids is 1. The predicted octanol–water partition coefficient (Wildman–Crippen LogP) is 3.93. The highest BCUT2D eigenvalue weighted by Gasteiger charge is 2.10. The quantitative estimate of drug-likeness (QED) is 0.636. The van der Waals surface area contributed by atoms with Gasteiger partial charge < -0.3 is 4.74 Å². The van der Waals surface area contributed by atoms with Crippen molar-refractivity contribution in [2.75, 3.05) is 6.61 Å². The molecule has 25 heavy (non-hydrogen) atoms. The monoisotopic (exact) mass is 346 g/mol. The summed E-state index contributed by atoms with van der Waals surface area (Å²) >= 11 is 0. The van der Waals surface area contributed by atoms with E-state index in [0.717, 1.165) is 29.5 Å². The number of hydrazone groups is 1. The first-order chi connectivity index (χ1) is 11.9. The van der Waals surface area contributed by atoms with Crippen LogP contribution < -0.4 is 10.2 Å². The van der Waals surface area contributed by atoms with Crippen LogP contribution in [0.1, 0.15) is 36.5 Å². The molecule has 0 saturated heterocycles. The van der Waals surface area contributed by atoms with E-state index in [2.05, 4.69) is 10.5 Å². The van der Waals surface area contributed by atoms with E-state index in [0.29, 0.717) is 5.75 Å². The summed E-state index contributed by atoms with van der Waals surface area (Å²) in [6.45, 7) is 5.81. The molecule has 1 N–H and O–H groups in total. The number of ether oxygens (including phenoxy) is 1. The second-order valence-electron chi connectivity index (χ2n) is 5.94. The molecule has 0 bridgehead atoms. The standard InChI is InChI=1S/C19H20F2N2O2/c1-12(2)16-7-4-13(3)8-18(16)25-11-19(24)23-22-10-14-5-6-15(20)9-17(14)21/h4-10,12H,11H2,1-3H3,(H,23,24)/b22-10-. The lowest BCUT2D eigenvalue weighted by molar-refractivity contribution is -0.123. The maximum absolute atomic E-state index is 13.4. The molecule has 132 valence electrons. The summed E-state index contributed by atoms with van der Waals surface area (Å²) in [4.78, 5) is 11.8. The van der Waals surface area contributed by atoms with Crippen molar-refractivity contribution in [3.05, 3.63) is 64.7 Å². The second kappa shape index (κ2) is 8.37. The zero-order valence-corrected chi connectivity index (χ0v) is 14.3. The Morgan fingerprint density at radius 2 is 2.00 bits per heavy atom. The highest BCUT2D eigenvalue weighted by atomic mass is 19.1. The molecule has 0 aliphatic carbocycles. The van der Waals surface area contributed by atoms with Crippen molar-refractivity contribution >= 4 is 12.1 Å². The smallest absolute Gasteiger partial charge is 0.277 e. The molecule has 0 radical (unpaired) electrons. The minimum Gasteiger partial charge on any atom is -0.483 e. The molecule has 0 aromatic heterocycles. The number of rotatable bonds is 6. The van der Waals surface area contributed by atoms with Crippen LogP contribution in [0.2, 0.25) is 0 Å². The maximum atomic E-state index is 13.4. The van der Waals surface area contributed by atoms with Gasteiger partial charge in [-0.3, -0.25) is 4.79 Å². The Hall–Kier alpha value is -2.76. The summed E-state index contributed by atoms with van der Waals surface area (Å²) in [7, 11) is 0. The van der Waals surface area contributed by atoms with E-state index in [9.17, 15) is 13.6 Å². The van der Waals surface area contributed by atoms with Gasteiger partial charge in [0.2, 0.25) is 0 Å². The number of amides is 1. The lowest BCUT2D eigenvalue weighted by Gasteiger charge is -2.14. The molecule has 0 unspecified atom stereocenters. The molecule has 4 nitrogen and oxygen atoms in total. The molecule has 1 amide bonds. The van der Waals surface area contributed by atoms with Crippen molar-refractivity contribution in [2.24, 2.45) is 5.10 Å². The highest BCUT2D eigenvalue weighted by molar-refractivity contribution is 5.83. The Bertz CT molecular complexity index is 789. The van der Waals surface area contributed by atoms with Crippen molar-refractivity contribution in [1.29, 1.82) is 0 Å². The van der Waals surface area contributed by atoms with Crippen molar-refractivity contribution in [3.8, 4) is 5.75 Å². The molecule has 0 aliphatic heterocycles. The summed E-state index contributed by atoms with van der Waals surface area (Å²) in [5, 5.41) is 3.65. The summed E-state index contributed by atoms with van der Waals surface area (Å²) in [5.41, 5.74) is 4.37. The van der Waals surface area contributed by atoms with Crippen LogP contribution in [-0.2, 0) is 4.79 Å². The lowest BCUT2D eigenvalue weighted by atomic mass is 10.0. The lowest BCUT2D eigenvalue weighted by Crippen LogP contribution is -2.25. The van der Waals surface area contributed by atoms with E-state index in [-0.39, 0.29) is 18.1 Å². The number of aryl methyl sites for hydroxylation is 1. The molecule has 6 heteroatoms. The molecular formula is C19H20F2N2O2. The van der Waals surface area contributed by atoms with Gasteiger partial charge in [0.05, 0.1) is 6.21 Å². The van der Waals surface area contributed by atoms with E-state index < -0.39 is 17.5 Å². The van der Waals surface area contributed by atoms with Gasteiger partial charge in [-0.05, 0) is 42.2 Å². The van der Waals surface area contributed by atoms with Crippen molar-refractivity contribution in [1.82, 2.24) is 5.43 Å². The molecule has 2 aromatic carbocycles. The van der Waals surface area contributed by atoms with Crippen molar-refractivity contribution < 1.29 is 18.3 Å². The van der Waals surface area contributed by atoms with Crippen LogP contribution in [0.5, 0.6) is 5.75 Å². The Labute approximate surface area is 145 Å².